The van der Waals surface area contributed by atoms with Gasteiger partial charge in [0.05, 0.1) is 0 Å². The molecule has 2 aromatic rings. The van der Waals surface area contributed by atoms with Crippen molar-refractivity contribution < 1.29 is 17.7 Å². The molecular formula is C7H4F3N3O. The molecule has 0 spiro atoms. The molecule has 0 saturated carbocycles. The summed E-state index contributed by atoms with van der Waals surface area (Å²) in [6, 6.07) is 0. The highest BCUT2D eigenvalue weighted by Crippen LogP contribution is 2.32. The molecule has 1 aromatic heterocycles. The van der Waals surface area contributed by atoms with Gasteiger partial charge in [0.15, 0.2) is 23.3 Å². The molecular weight excluding hydrogens is 199 g/mol. The Hall–Kier alpha value is -1.92. The third-order valence-electron chi connectivity index (χ3n) is 1.80. The minimum atomic E-state index is -1.50. The first-order valence-corrected chi connectivity index (χ1v) is 3.50. The Morgan fingerprint density at radius 3 is 2.29 bits per heavy atom. The molecule has 1 heterocycles. The monoisotopic (exact) mass is 203 g/mol. The quantitative estimate of drug-likeness (QED) is 0.501. The fourth-order valence-electron chi connectivity index (χ4n) is 1.11. The predicted molar refractivity (Wildman–Crippen MR) is 42.7 cm³/mol. The van der Waals surface area contributed by atoms with Crippen LogP contribution in [0.5, 0.6) is 0 Å². The van der Waals surface area contributed by atoms with Gasteiger partial charge >= 0.3 is 0 Å². The first-order valence-electron chi connectivity index (χ1n) is 3.50. The molecule has 0 radical (unpaired) electrons. The fourth-order valence-corrected chi connectivity index (χ4v) is 1.11. The molecule has 0 amide bonds. The van der Waals surface area contributed by atoms with Crippen molar-refractivity contribution in [3.63, 3.8) is 0 Å². The smallest absolute Gasteiger partial charge is 0.210 e. The van der Waals surface area contributed by atoms with E-state index in [4.69, 9.17) is 11.5 Å². The minimum absolute atomic E-state index is 0.421. The van der Waals surface area contributed by atoms with E-state index in [-0.39, 0.29) is 0 Å². The lowest BCUT2D eigenvalue weighted by atomic mass is 10.2. The van der Waals surface area contributed by atoms with E-state index in [9.17, 15) is 13.2 Å². The molecule has 0 atom stereocenters. The second-order valence-corrected chi connectivity index (χ2v) is 2.63. The second kappa shape index (κ2) is 2.53. The van der Waals surface area contributed by atoms with Crippen LogP contribution in [0.3, 0.4) is 0 Å². The highest BCUT2D eigenvalue weighted by molar-refractivity contribution is 5.90. The first kappa shape index (κ1) is 8.67. The first-order chi connectivity index (χ1) is 6.54. The number of hydrogen-bond acceptors (Lipinski definition) is 4. The molecule has 0 fully saturated rings. The van der Waals surface area contributed by atoms with Crippen LogP contribution in [0.4, 0.5) is 24.7 Å². The molecule has 1 aromatic carbocycles. The van der Waals surface area contributed by atoms with Gasteiger partial charge in [-0.2, -0.15) is 0 Å². The predicted octanol–water partition coefficient (Wildman–Crippen LogP) is 1.41. The number of nitrogen functional groups attached to an aromatic ring is 2. The summed E-state index contributed by atoms with van der Waals surface area (Å²) in [7, 11) is 0. The van der Waals surface area contributed by atoms with Crippen molar-refractivity contribution in [3.05, 3.63) is 17.5 Å². The van der Waals surface area contributed by atoms with Gasteiger partial charge in [-0.05, 0) is 0 Å². The van der Waals surface area contributed by atoms with Gasteiger partial charge in [0.1, 0.15) is 11.1 Å². The summed E-state index contributed by atoms with van der Waals surface area (Å²) < 4.78 is 43.5. The zero-order valence-corrected chi connectivity index (χ0v) is 6.64. The van der Waals surface area contributed by atoms with Crippen LogP contribution >= 0.6 is 0 Å². The van der Waals surface area contributed by atoms with Gasteiger partial charge in [-0.25, -0.2) is 13.2 Å². The molecule has 4 nitrogen and oxygen atoms in total. The molecule has 0 unspecified atom stereocenters. The van der Waals surface area contributed by atoms with Crippen molar-refractivity contribution in [1.82, 2.24) is 5.16 Å². The Labute approximate surface area is 75.3 Å². The molecule has 0 aliphatic heterocycles. The Morgan fingerprint density at radius 2 is 1.64 bits per heavy atom. The van der Waals surface area contributed by atoms with Crippen LogP contribution in [-0.4, -0.2) is 5.16 Å². The van der Waals surface area contributed by atoms with E-state index in [1.54, 1.807) is 0 Å². The van der Waals surface area contributed by atoms with Crippen molar-refractivity contribution in [3.8, 4) is 0 Å². The van der Waals surface area contributed by atoms with Crippen LogP contribution in [0, 0.1) is 17.5 Å². The van der Waals surface area contributed by atoms with Gasteiger partial charge in [-0.1, -0.05) is 5.16 Å². The van der Waals surface area contributed by atoms with Crippen molar-refractivity contribution in [1.29, 1.82) is 0 Å². The number of aromatic nitrogens is 1. The van der Waals surface area contributed by atoms with E-state index in [1.807, 2.05) is 0 Å². The molecule has 0 aliphatic carbocycles. The van der Waals surface area contributed by atoms with Crippen molar-refractivity contribution in [2.45, 2.75) is 0 Å². The molecule has 0 aliphatic rings. The van der Waals surface area contributed by atoms with Gasteiger partial charge in [-0.15, -0.1) is 0 Å². The molecule has 4 N–H and O–H groups in total. The average Bonchev–Trinajstić information content (AvgIpc) is 2.54. The van der Waals surface area contributed by atoms with Crippen LogP contribution in [0.1, 0.15) is 0 Å². The third kappa shape index (κ3) is 0.860. The van der Waals surface area contributed by atoms with Gasteiger partial charge in [-0.3, -0.25) is 0 Å². The van der Waals surface area contributed by atoms with E-state index in [1.165, 1.54) is 0 Å². The van der Waals surface area contributed by atoms with Gasteiger partial charge in [0.2, 0.25) is 5.58 Å². The standard InChI is InChI=1S/C7H4F3N3O/c8-2-1-6(14-13-7(1)12)4(10)5(11)3(2)9/h11H2,(H2,12,13). The molecule has 7 heteroatoms. The molecule has 0 saturated heterocycles. The summed E-state index contributed by atoms with van der Waals surface area (Å²) in [5.74, 6) is -4.49. The maximum atomic E-state index is 13.1. The van der Waals surface area contributed by atoms with Crippen LogP contribution < -0.4 is 11.5 Å². The molecule has 0 bridgehead atoms. The largest absolute Gasteiger partial charge is 0.394 e. The summed E-state index contributed by atoms with van der Waals surface area (Å²) in [6.07, 6.45) is 0. The normalized spacial score (nSPS) is 11.1. The van der Waals surface area contributed by atoms with Crippen LogP contribution in [0.15, 0.2) is 4.52 Å². The fraction of sp³-hybridized carbons (Fsp3) is 0. The zero-order chi connectivity index (χ0) is 10.5. The third-order valence-corrected chi connectivity index (χ3v) is 1.80. The summed E-state index contributed by atoms with van der Waals surface area (Å²) in [5.41, 5.74) is 8.55. The lowest BCUT2D eigenvalue weighted by Crippen LogP contribution is -2.00. The number of hydrogen-bond donors (Lipinski definition) is 2. The second-order valence-electron chi connectivity index (χ2n) is 2.63. The minimum Gasteiger partial charge on any atom is -0.394 e. The van der Waals surface area contributed by atoms with Crippen LogP contribution in [0.25, 0.3) is 11.0 Å². The Kier molecular flexibility index (Phi) is 1.57. The Balaban J connectivity index is 3.05. The topological polar surface area (TPSA) is 78.1 Å². The average molecular weight is 203 g/mol. The van der Waals surface area contributed by atoms with E-state index in [0.29, 0.717) is 0 Å². The highest BCUT2D eigenvalue weighted by atomic mass is 19.2. The number of fused-ring (bicyclic) bond motifs is 1. The summed E-state index contributed by atoms with van der Waals surface area (Å²) >= 11 is 0. The van der Waals surface area contributed by atoms with Crippen molar-refractivity contribution >= 4 is 22.5 Å². The zero-order valence-electron chi connectivity index (χ0n) is 6.64. The van der Waals surface area contributed by atoms with E-state index in [2.05, 4.69) is 9.68 Å². The summed E-state index contributed by atoms with van der Waals surface area (Å²) in [5, 5.41) is 2.57. The van der Waals surface area contributed by atoms with E-state index >= 15 is 0 Å². The number of nitrogens with zero attached hydrogens (tertiary/aromatic N) is 1. The maximum absolute atomic E-state index is 13.1. The molecule has 2 rings (SSSR count). The van der Waals surface area contributed by atoms with Gasteiger partial charge in [0.25, 0.3) is 0 Å². The van der Waals surface area contributed by atoms with Crippen molar-refractivity contribution in [2.24, 2.45) is 0 Å². The van der Waals surface area contributed by atoms with E-state index < -0.39 is 39.9 Å². The molecule has 14 heavy (non-hydrogen) atoms. The Morgan fingerprint density at radius 1 is 1.00 bits per heavy atom. The van der Waals surface area contributed by atoms with Gasteiger partial charge in [0, 0.05) is 0 Å². The van der Waals surface area contributed by atoms with E-state index in [0.717, 1.165) is 0 Å². The lowest BCUT2D eigenvalue weighted by Gasteiger charge is -2.00. The number of nitrogens with two attached hydrogens (primary N) is 2. The van der Waals surface area contributed by atoms with Crippen LogP contribution in [-0.2, 0) is 0 Å². The van der Waals surface area contributed by atoms with Crippen molar-refractivity contribution in [2.75, 3.05) is 11.5 Å². The van der Waals surface area contributed by atoms with Crippen LogP contribution in [0.2, 0.25) is 0 Å². The highest BCUT2D eigenvalue weighted by Gasteiger charge is 2.23. The number of rotatable bonds is 0. The number of anilines is 2. The SMILES string of the molecule is Nc1c(F)c(F)c2c(N)noc2c1F. The summed E-state index contributed by atoms with van der Waals surface area (Å²) in [4.78, 5) is 0. The Bertz CT molecular complexity index is 523. The van der Waals surface area contributed by atoms with Gasteiger partial charge < -0.3 is 16.0 Å². The maximum Gasteiger partial charge on any atom is 0.210 e. The molecule has 74 valence electrons. The number of halogens is 3. The number of benzene rings is 1. The summed E-state index contributed by atoms with van der Waals surface area (Å²) in [6.45, 7) is 0. The lowest BCUT2D eigenvalue weighted by molar-refractivity contribution is 0.440.